The van der Waals surface area contributed by atoms with Gasteiger partial charge in [0, 0.05) is 25.2 Å². The Balaban J connectivity index is 1.52. The molecule has 7 nitrogen and oxygen atoms in total. The van der Waals surface area contributed by atoms with E-state index in [1.807, 2.05) is 18.2 Å². The van der Waals surface area contributed by atoms with Crippen molar-refractivity contribution >= 4 is 11.9 Å². The zero-order chi connectivity index (χ0) is 19.8. The topological polar surface area (TPSA) is 63.9 Å². The molecule has 2 aromatic carbocycles. The number of rotatable bonds is 5. The van der Waals surface area contributed by atoms with E-state index in [4.69, 9.17) is 9.84 Å². The summed E-state index contributed by atoms with van der Waals surface area (Å²) in [5.41, 5.74) is 2.63. The SMILES string of the molecule is COc1ccc(O)c(/C=N/N=C(c2ccccc2)C23CN4CN(CN(C4)C2)C3)c1. The summed E-state index contributed by atoms with van der Waals surface area (Å²) in [4.78, 5) is 7.44. The highest BCUT2D eigenvalue weighted by Gasteiger charge is 2.51. The molecule has 4 aliphatic rings. The summed E-state index contributed by atoms with van der Waals surface area (Å²) >= 11 is 0. The summed E-state index contributed by atoms with van der Waals surface area (Å²) in [7, 11) is 1.60. The van der Waals surface area contributed by atoms with Crippen LogP contribution >= 0.6 is 0 Å². The zero-order valence-electron chi connectivity index (χ0n) is 16.5. The Morgan fingerprint density at radius 2 is 1.66 bits per heavy atom. The molecule has 0 radical (unpaired) electrons. The number of hydrogen-bond acceptors (Lipinski definition) is 7. The Kier molecular flexibility index (Phi) is 4.58. The monoisotopic (exact) mass is 391 g/mol. The van der Waals surface area contributed by atoms with E-state index in [0.29, 0.717) is 11.3 Å². The predicted molar refractivity (Wildman–Crippen MR) is 112 cm³/mol. The summed E-state index contributed by atoms with van der Waals surface area (Å²) < 4.78 is 5.25. The number of aromatic hydroxyl groups is 1. The fourth-order valence-electron chi connectivity index (χ4n) is 4.92. The van der Waals surface area contributed by atoms with Crippen molar-refractivity contribution in [3.63, 3.8) is 0 Å². The maximum Gasteiger partial charge on any atom is 0.124 e. The smallest absolute Gasteiger partial charge is 0.124 e. The summed E-state index contributed by atoms with van der Waals surface area (Å²) in [5, 5.41) is 19.3. The van der Waals surface area contributed by atoms with E-state index in [0.717, 1.165) is 50.9 Å². The molecule has 29 heavy (non-hydrogen) atoms. The lowest BCUT2D eigenvalue weighted by Gasteiger charge is -2.60. The van der Waals surface area contributed by atoms with Gasteiger partial charge in [-0.25, -0.2) is 0 Å². The molecule has 0 saturated carbocycles. The maximum atomic E-state index is 10.1. The van der Waals surface area contributed by atoms with Crippen molar-refractivity contribution in [2.45, 2.75) is 0 Å². The number of phenolic OH excluding ortho intramolecular Hbond substituents is 1. The summed E-state index contributed by atoms with van der Waals surface area (Å²) in [6, 6.07) is 15.4. The Morgan fingerprint density at radius 3 is 2.28 bits per heavy atom. The van der Waals surface area contributed by atoms with Gasteiger partial charge in [0.2, 0.25) is 0 Å². The van der Waals surface area contributed by atoms with Gasteiger partial charge in [-0.15, -0.1) is 0 Å². The van der Waals surface area contributed by atoms with Gasteiger partial charge in [-0.3, -0.25) is 14.7 Å². The van der Waals surface area contributed by atoms with Crippen LogP contribution in [0.4, 0.5) is 0 Å². The second-order valence-corrected chi connectivity index (χ2v) is 8.18. The van der Waals surface area contributed by atoms with Gasteiger partial charge in [0.05, 0.1) is 44.5 Å². The molecule has 0 spiro atoms. The van der Waals surface area contributed by atoms with Crippen LogP contribution in [0.1, 0.15) is 11.1 Å². The molecule has 2 aromatic rings. The third kappa shape index (κ3) is 3.42. The standard InChI is InChI=1S/C22H25N5O2/c1-29-19-7-8-20(28)18(9-19)10-23-24-21(17-5-3-2-4-6-17)22-11-25-14-26(12-22)16-27(13-22)15-25/h2-10,28H,11-16H2,1H3/b23-10+,24-21?. The molecule has 4 aliphatic heterocycles. The van der Waals surface area contributed by atoms with Crippen LogP contribution in [-0.4, -0.2) is 78.5 Å². The number of phenols is 1. The largest absolute Gasteiger partial charge is 0.507 e. The van der Waals surface area contributed by atoms with Crippen molar-refractivity contribution in [2.75, 3.05) is 46.8 Å². The van der Waals surface area contributed by atoms with E-state index >= 15 is 0 Å². The van der Waals surface area contributed by atoms with Crippen molar-refractivity contribution in [3.05, 3.63) is 59.7 Å². The highest BCUT2D eigenvalue weighted by atomic mass is 16.5. The first-order valence-corrected chi connectivity index (χ1v) is 9.86. The third-order valence-corrected chi connectivity index (χ3v) is 5.92. The number of methoxy groups -OCH3 is 1. The molecule has 0 aliphatic carbocycles. The number of benzene rings is 2. The van der Waals surface area contributed by atoms with E-state index in [2.05, 4.69) is 31.9 Å². The number of hydrogen-bond donors (Lipinski definition) is 1. The van der Waals surface area contributed by atoms with Gasteiger partial charge in [0.25, 0.3) is 0 Å². The van der Waals surface area contributed by atoms with Gasteiger partial charge in [-0.2, -0.15) is 10.2 Å². The molecule has 150 valence electrons. The van der Waals surface area contributed by atoms with Gasteiger partial charge in [0.15, 0.2) is 0 Å². The highest BCUT2D eigenvalue weighted by Crippen LogP contribution is 2.38. The zero-order valence-corrected chi connectivity index (χ0v) is 16.5. The maximum absolute atomic E-state index is 10.1. The molecule has 6 rings (SSSR count). The predicted octanol–water partition coefficient (Wildman–Crippen LogP) is 2.03. The quantitative estimate of drug-likeness (QED) is 0.624. The fraction of sp³-hybridized carbons (Fsp3) is 0.364. The summed E-state index contributed by atoms with van der Waals surface area (Å²) in [6.07, 6.45) is 1.60. The minimum absolute atomic E-state index is 0.0656. The van der Waals surface area contributed by atoms with E-state index in [9.17, 15) is 5.11 Å². The van der Waals surface area contributed by atoms with Crippen LogP contribution in [0.2, 0.25) is 0 Å². The van der Waals surface area contributed by atoms with Crippen LogP contribution in [0.15, 0.2) is 58.7 Å². The Labute approximate surface area is 170 Å². The van der Waals surface area contributed by atoms with E-state index in [1.54, 1.807) is 31.5 Å². The van der Waals surface area contributed by atoms with Crippen LogP contribution < -0.4 is 4.74 Å². The molecule has 0 aromatic heterocycles. The first kappa shape index (κ1) is 18.3. The summed E-state index contributed by atoms with van der Waals surface area (Å²) in [5.74, 6) is 0.829. The average Bonchev–Trinajstić information content (AvgIpc) is 2.72. The lowest BCUT2D eigenvalue weighted by molar-refractivity contribution is -0.149. The van der Waals surface area contributed by atoms with Crippen LogP contribution in [-0.2, 0) is 0 Å². The molecule has 0 atom stereocenters. The second-order valence-electron chi connectivity index (χ2n) is 8.18. The lowest BCUT2D eigenvalue weighted by atomic mass is 9.74. The van der Waals surface area contributed by atoms with Crippen LogP contribution in [0, 0.1) is 5.41 Å². The van der Waals surface area contributed by atoms with Crippen molar-refractivity contribution in [2.24, 2.45) is 15.6 Å². The van der Waals surface area contributed by atoms with Crippen LogP contribution in [0.3, 0.4) is 0 Å². The van der Waals surface area contributed by atoms with Crippen molar-refractivity contribution in [3.8, 4) is 11.5 Å². The molecule has 0 amide bonds. The minimum Gasteiger partial charge on any atom is -0.507 e. The molecule has 4 bridgehead atoms. The first-order valence-electron chi connectivity index (χ1n) is 9.86. The molecule has 7 heteroatoms. The first-order chi connectivity index (χ1) is 14.1. The minimum atomic E-state index is -0.0656. The average molecular weight is 391 g/mol. The molecule has 1 N–H and O–H groups in total. The molecule has 0 unspecified atom stereocenters. The van der Waals surface area contributed by atoms with E-state index in [1.165, 1.54) is 0 Å². The van der Waals surface area contributed by atoms with Crippen molar-refractivity contribution in [1.82, 2.24) is 14.7 Å². The van der Waals surface area contributed by atoms with Crippen molar-refractivity contribution < 1.29 is 9.84 Å². The van der Waals surface area contributed by atoms with E-state index in [-0.39, 0.29) is 11.2 Å². The molecular weight excluding hydrogens is 366 g/mol. The van der Waals surface area contributed by atoms with E-state index < -0.39 is 0 Å². The van der Waals surface area contributed by atoms with Gasteiger partial charge < -0.3 is 9.84 Å². The van der Waals surface area contributed by atoms with Crippen LogP contribution in [0.25, 0.3) is 0 Å². The van der Waals surface area contributed by atoms with Crippen LogP contribution in [0.5, 0.6) is 11.5 Å². The highest BCUT2D eigenvalue weighted by molar-refractivity contribution is 6.05. The molecule has 4 fully saturated rings. The Hall–Kier alpha value is -2.74. The second kappa shape index (κ2) is 7.26. The summed E-state index contributed by atoms with van der Waals surface area (Å²) in [6.45, 7) is 6.07. The third-order valence-electron chi connectivity index (χ3n) is 5.92. The normalized spacial score (nSPS) is 30.8. The Morgan fingerprint density at radius 1 is 1.00 bits per heavy atom. The lowest BCUT2D eigenvalue weighted by Crippen LogP contribution is -2.74. The van der Waals surface area contributed by atoms with Gasteiger partial charge >= 0.3 is 0 Å². The number of nitrogens with zero attached hydrogens (tertiary/aromatic N) is 5. The molecule has 4 heterocycles. The Bertz CT molecular complexity index is 922. The van der Waals surface area contributed by atoms with Gasteiger partial charge in [-0.05, 0) is 23.8 Å². The van der Waals surface area contributed by atoms with Gasteiger partial charge in [-0.1, -0.05) is 30.3 Å². The fourth-order valence-corrected chi connectivity index (χ4v) is 4.92. The number of ether oxygens (including phenoxy) is 1. The van der Waals surface area contributed by atoms with Crippen molar-refractivity contribution in [1.29, 1.82) is 0 Å². The van der Waals surface area contributed by atoms with Gasteiger partial charge in [0.1, 0.15) is 11.5 Å². The molecular formula is C22H25N5O2. The molecule has 4 saturated heterocycles.